The molecule has 0 heterocycles. The van der Waals surface area contributed by atoms with Gasteiger partial charge in [-0.2, -0.15) is 0 Å². The van der Waals surface area contributed by atoms with Gasteiger partial charge >= 0.3 is 0 Å². The number of phenols is 1. The molecule has 0 atom stereocenters. The van der Waals surface area contributed by atoms with Gasteiger partial charge < -0.3 is 14.6 Å². The number of hydrogen-bond acceptors (Lipinski definition) is 3. The van der Waals surface area contributed by atoms with Gasteiger partial charge in [0.2, 0.25) is 0 Å². The lowest BCUT2D eigenvalue weighted by Crippen LogP contribution is -1.89. The molecule has 2 rings (SSSR count). The van der Waals surface area contributed by atoms with Crippen molar-refractivity contribution in [2.24, 2.45) is 0 Å². The molecule has 0 unspecified atom stereocenters. The van der Waals surface area contributed by atoms with Crippen LogP contribution in [0.1, 0.15) is 0 Å². The van der Waals surface area contributed by atoms with Gasteiger partial charge in [0.1, 0.15) is 17.2 Å². The van der Waals surface area contributed by atoms with Crippen molar-refractivity contribution in [2.45, 2.75) is 0 Å². The molecule has 94 valence electrons. The van der Waals surface area contributed by atoms with Crippen LogP contribution in [0.2, 0.25) is 5.02 Å². The summed E-state index contributed by atoms with van der Waals surface area (Å²) < 4.78 is 10.4. The summed E-state index contributed by atoms with van der Waals surface area (Å²) in [5.74, 6) is 1.37. The Morgan fingerprint density at radius 1 is 1.00 bits per heavy atom. The van der Waals surface area contributed by atoms with Crippen molar-refractivity contribution in [3.05, 3.63) is 41.4 Å². The minimum absolute atomic E-state index is 0.140. The van der Waals surface area contributed by atoms with E-state index in [2.05, 4.69) is 0 Å². The summed E-state index contributed by atoms with van der Waals surface area (Å²) in [6, 6.07) is 10.4. The maximum atomic E-state index is 9.66. The highest BCUT2D eigenvalue weighted by Crippen LogP contribution is 2.36. The predicted octanol–water partition coefficient (Wildman–Crippen LogP) is 3.73. The molecule has 0 spiro atoms. The number of rotatable bonds is 3. The molecular weight excluding hydrogens is 252 g/mol. The molecule has 0 fully saturated rings. The second-order valence-corrected chi connectivity index (χ2v) is 4.20. The Hall–Kier alpha value is -1.87. The van der Waals surface area contributed by atoms with E-state index in [1.54, 1.807) is 38.5 Å². The highest BCUT2D eigenvalue weighted by atomic mass is 35.5. The Kier molecular flexibility index (Phi) is 3.63. The Bertz CT molecular complexity index is 567. The third-order valence-corrected chi connectivity index (χ3v) is 2.84. The van der Waals surface area contributed by atoms with Crippen LogP contribution >= 0.6 is 11.6 Å². The number of halogens is 1. The fourth-order valence-corrected chi connectivity index (χ4v) is 1.92. The molecule has 0 aromatic heterocycles. The lowest BCUT2D eigenvalue weighted by atomic mass is 10.0. The van der Waals surface area contributed by atoms with Gasteiger partial charge in [-0.05, 0) is 35.9 Å². The van der Waals surface area contributed by atoms with Gasteiger partial charge in [0.25, 0.3) is 0 Å². The normalized spacial score (nSPS) is 10.2. The van der Waals surface area contributed by atoms with E-state index in [-0.39, 0.29) is 5.75 Å². The summed E-state index contributed by atoms with van der Waals surface area (Å²) in [7, 11) is 3.13. The Balaban J connectivity index is 2.57. The SMILES string of the molecule is COc1cc(O)cc(-c2ccc(Cl)cc2OC)c1. The van der Waals surface area contributed by atoms with Crippen molar-refractivity contribution in [1.82, 2.24) is 0 Å². The van der Waals surface area contributed by atoms with Crippen LogP contribution < -0.4 is 9.47 Å². The number of phenolic OH excluding ortho intramolecular Hbond substituents is 1. The summed E-state index contributed by atoms with van der Waals surface area (Å²) >= 11 is 5.92. The van der Waals surface area contributed by atoms with Crippen molar-refractivity contribution < 1.29 is 14.6 Å². The first-order chi connectivity index (χ1) is 8.63. The summed E-state index contributed by atoms with van der Waals surface area (Å²) in [4.78, 5) is 0. The average Bonchev–Trinajstić information content (AvgIpc) is 2.37. The summed E-state index contributed by atoms with van der Waals surface area (Å²) in [5.41, 5.74) is 1.65. The monoisotopic (exact) mass is 264 g/mol. The second-order valence-electron chi connectivity index (χ2n) is 3.76. The minimum Gasteiger partial charge on any atom is -0.508 e. The van der Waals surface area contributed by atoms with E-state index in [1.165, 1.54) is 0 Å². The number of methoxy groups -OCH3 is 2. The van der Waals surface area contributed by atoms with Gasteiger partial charge in [0.05, 0.1) is 14.2 Å². The maximum absolute atomic E-state index is 9.66. The Morgan fingerprint density at radius 3 is 2.44 bits per heavy atom. The van der Waals surface area contributed by atoms with E-state index in [0.29, 0.717) is 16.5 Å². The molecular formula is C14H13ClO3. The smallest absolute Gasteiger partial charge is 0.128 e. The zero-order valence-corrected chi connectivity index (χ0v) is 10.9. The van der Waals surface area contributed by atoms with Crippen molar-refractivity contribution >= 4 is 11.6 Å². The predicted molar refractivity (Wildman–Crippen MR) is 71.7 cm³/mol. The molecule has 4 heteroatoms. The summed E-state index contributed by atoms with van der Waals surface area (Å²) in [5, 5.41) is 10.3. The molecule has 2 aromatic rings. The molecule has 0 saturated carbocycles. The highest BCUT2D eigenvalue weighted by molar-refractivity contribution is 6.30. The molecule has 2 aromatic carbocycles. The summed E-state index contributed by atoms with van der Waals surface area (Å²) in [6.45, 7) is 0. The number of benzene rings is 2. The van der Waals surface area contributed by atoms with E-state index < -0.39 is 0 Å². The largest absolute Gasteiger partial charge is 0.508 e. The van der Waals surface area contributed by atoms with E-state index >= 15 is 0 Å². The quantitative estimate of drug-likeness (QED) is 0.918. The van der Waals surface area contributed by atoms with Crippen LogP contribution in [0.5, 0.6) is 17.2 Å². The van der Waals surface area contributed by atoms with Gasteiger partial charge in [0.15, 0.2) is 0 Å². The first-order valence-corrected chi connectivity index (χ1v) is 5.74. The van der Waals surface area contributed by atoms with E-state index in [9.17, 15) is 5.11 Å². The molecule has 0 aliphatic carbocycles. The second kappa shape index (κ2) is 5.19. The number of aromatic hydroxyl groups is 1. The van der Waals surface area contributed by atoms with Crippen molar-refractivity contribution in [3.8, 4) is 28.4 Å². The molecule has 3 nitrogen and oxygen atoms in total. The number of hydrogen-bond donors (Lipinski definition) is 1. The standard InChI is InChI=1S/C14H13ClO3/c1-17-12-6-9(5-11(16)8-12)13-4-3-10(15)7-14(13)18-2/h3-8,16H,1-2H3. The van der Waals surface area contributed by atoms with E-state index in [4.69, 9.17) is 21.1 Å². The van der Waals surface area contributed by atoms with E-state index in [1.807, 2.05) is 12.1 Å². The van der Waals surface area contributed by atoms with Crippen LogP contribution in [-0.2, 0) is 0 Å². The van der Waals surface area contributed by atoms with Crippen LogP contribution in [0.25, 0.3) is 11.1 Å². The zero-order chi connectivity index (χ0) is 13.1. The van der Waals surface area contributed by atoms with Crippen LogP contribution in [0.15, 0.2) is 36.4 Å². The van der Waals surface area contributed by atoms with Gasteiger partial charge in [-0.3, -0.25) is 0 Å². The van der Waals surface area contributed by atoms with Crippen LogP contribution in [0.4, 0.5) is 0 Å². The molecule has 18 heavy (non-hydrogen) atoms. The Labute approximate surface area is 111 Å². The van der Waals surface area contributed by atoms with Crippen LogP contribution in [0.3, 0.4) is 0 Å². The van der Waals surface area contributed by atoms with Crippen molar-refractivity contribution in [1.29, 1.82) is 0 Å². The Morgan fingerprint density at radius 2 is 1.78 bits per heavy atom. The van der Waals surface area contributed by atoms with Crippen LogP contribution in [0, 0.1) is 0 Å². The summed E-state index contributed by atoms with van der Waals surface area (Å²) in [6.07, 6.45) is 0. The number of ether oxygens (including phenoxy) is 2. The third kappa shape index (κ3) is 2.51. The fraction of sp³-hybridized carbons (Fsp3) is 0.143. The van der Waals surface area contributed by atoms with Crippen molar-refractivity contribution in [2.75, 3.05) is 14.2 Å². The molecule has 0 aliphatic rings. The fourth-order valence-electron chi connectivity index (χ4n) is 1.76. The van der Waals surface area contributed by atoms with Crippen LogP contribution in [-0.4, -0.2) is 19.3 Å². The highest BCUT2D eigenvalue weighted by Gasteiger charge is 2.09. The lowest BCUT2D eigenvalue weighted by Gasteiger charge is -2.11. The van der Waals surface area contributed by atoms with Crippen molar-refractivity contribution in [3.63, 3.8) is 0 Å². The molecule has 0 aliphatic heterocycles. The molecule has 1 N–H and O–H groups in total. The first kappa shape index (κ1) is 12.6. The topological polar surface area (TPSA) is 38.7 Å². The minimum atomic E-state index is 0.140. The first-order valence-electron chi connectivity index (χ1n) is 5.36. The molecule has 0 saturated heterocycles. The van der Waals surface area contributed by atoms with E-state index in [0.717, 1.165) is 11.1 Å². The maximum Gasteiger partial charge on any atom is 0.128 e. The third-order valence-electron chi connectivity index (χ3n) is 2.60. The van der Waals surface area contributed by atoms with Gasteiger partial charge in [-0.1, -0.05) is 11.6 Å². The lowest BCUT2D eigenvalue weighted by molar-refractivity contribution is 0.407. The molecule has 0 amide bonds. The molecule has 0 bridgehead atoms. The zero-order valence-electron chi connectivity index (χ0n) is 10.1. The van der Waals surface area contributed by atoms with Gasteiger partial charge in [-0.25, -0.2) is 0 Å². The van der Waals surface area contributed by atoms with Gasteiger partial charge in [0, 0.05) is 16.7 Å². The average molecular weight is 265 g/mol. The van der Waals surface area contributed by atoms with Gasteiger partial charge in [-0.15, -0.1) is 0 Å². The molecule has 0 radical (unpaired) electrons.